The van der Waals surface area contributed by atoms with Gasteiger partial charge in [0, 0.05) is 12.1 Å². The van der Waals surface area contributed by atoms with E-state index >= 15 is 0 Å². The van der Waals surface area contributed by atoms with Gasteiger partial charge < -0.3 is 10.1 Å². The number of benzene rings is 1. The number of hydrogen-bond donors (Lipinski definition) is 1. The summed E-state index contributed by atoms with van der Waals surface area (Å²) in [5, 5.41) is 3.33. The lowest BCUT2D eigenvalue weighted by molar-refractivity contribution is 0.413. The van der Waals surface area contributed by atoms with Crippen molar-refractivity contribution >= 4 is 5.69 Å². The summed E-state index contributed by atoms with van der Waals surface area (Å²) in [4.78, 5) is 0. The molecule has 0 spiro atoms. The minimum Gasteiger partial charge on any atom is -0.497 e. The quantitative estimate of drug-likeness (QED) is 0.772. The van der Waals surface area contributed by atoms with E-state index in [1.165, 1.54) is 6.07 Å². The molecule has 0 amide bonds. The number of anilines is 1. The molecule has 3 heteroatoms. The third kappa shape index (κ3) is 5.50. The summed E-state index contributed by atoms with van der Waals surface area (Å²) in [6.07, 6.45) is 2.07. The molecule has 0 radical (unpaired) electrons. The highest BCUT2D eigenvalue weighted by molar-refractivity contribution is 5.50. The number of rotatable bonds is 7. The second-order valence-corrected chi connectivity index (χ2v) is 5.95. The fourth-order valence-electron chi connectivity index (χ4n) is 2.31. The lowest BCUT2D eigenvalue weighted by Gasteiger charge is -2.24. The average molecular weight is 267 g/mol. The Bertz CT molecular complexity index is 380. The van der Waals surface area contributed by atoms with Crippen LogP contribution in [-0.4, -0.2) is 13.2 Å². The number of nitrogens with one attached hydrogen (secondary N) is 1. The summed E-state index contributed by atoms with van der Waals surface area (Å²) in [6.45, 7) is 8.77. The molecule has 0 aliphatic rings. The number of hydrogen-bond acceptors (Lipinski definition) is 2. The molecule has 2 nitrogen and oxygen atoms in total. The van der Waals surface area contributed by atoms with E-state index in [2.05, 4.69) is 33.0 Å². The molecule has 0 unspecified atom stereocenters. The van der Waals surface area contributed by atoms with E-state index in [1.54, 1.807) is 19.2 Å². The maximum absolute atomic E-state index is 13.8. The monoisotopic (exact) mass is 267 g/mol. The molecule has 0 heterocycles. The third-order valence-corrected chi connectivity index (χ3v) is 3.04. The van der Waals surface area contributed by atoms with E-state index in [9.17, 15) is 4.39 Å². The molecule has 0 atom stereocenters. The van der Waals surface area contributed by atoms with E-state index in [1.807, 2.05) is 0 Å². The smallest absolute Gasteiger partial charge is 0.146 e. The molecule has 19 heavy (non-hydrogen) atoms. The van der Waals surface area contributed by atoms with Gasteiger partial charge in [-0.15, -0.1) is 0 Å². The van der Waals surface area contributed by atoms with Gasteiger partial charge in [-0.05, 0) is 36.8 Å². The molecule has 0 saturated heterocycles. The van der Waals surface area contributed by atoms with Gasteiger partial charge in [0.2, 0.25) is 0 Å². The molecule has 0 aliphatic carbocycles. The lowest BCUT2D eigenvalue weighted by Crippen LogP contribution is -2.24. The maximum Gasteiger partial charge on any atom is 0.146 e. The minimum atomic E-state index is -0.224. The Morgan fingerprint density at radius 2 is 1.68 bits per heavy atom. The summed E-state index contributed by atoms with van der Waals surface area (Å²) in [5.41, 5.74) is 0.533. The highest BCUT2D eigenvalue weighted by atomic mass is 19.1. The van der Waals surface area contributed by atoms with E-state index in [-0.39, 0.29) is 5.82 Å². The van der Waals surface area contributed by atoms with Crippen molar-refractivity contribution in [2.45, 2.75) is 46.6 Å². The maximum atomic E-state index is 13.8. The SMILES string of the molecule is COc1ccc(F)c(NC(CC(C)C)CC(C)C)c1. The van der Waals surface area contributed by atoms with Gasteiger partial charge in [-0.2, -0.15) is 0 Å². The zero-order valence-corrected chi connectivity index (χ0v) is 12.7. The lowest BCUT2D eigenvalue weighted by atomic mass is 9.95. The standard InChI is InChI=1S/C16H26FNO/c1-11(2)8-13(9-12(3)4)18-16-10-14(19-5)6-7-15(16)17/h6-7,10-13,18H,8-9H2,1-5H3. The van der Waals surface area contributed by atoms with Gasteiger partial charge in [0.25, 0.3) is 0 Å². The Morgan fingerprint density at radius 1 is 1.11 bits per heavy atom. The van der Waals surface area contributed by atoms with Gasteiger partial charge >= 0.3 is 0 Å². The molecule has 108 valence electrons. The first-order valence-corrected chi connectivity index (χ1v) is 7.02. The van der Waals surface area contributed by atoms with Crippen molar-refractivity contribution in [1.29, 1.82) is 0 Å². The molecule has 0 aromatic heterocycles. The first-order chi connectivity index (χ1) is 8.92. The molecule has 1 aromatic rings. The molecular weight excluding hydrogens is 241 g/mol. The topological polar surface area (TPSA) is 21.3 Å². The molecule has 1 N–H and O–H groups in total. The van der Waals surface area contributed by atoms with Crippen molar-refractivity contribution in [3.63, 3.8) is 0 Å². The Hall–Kier alpha value is -1.25. The fraction of sp³-hybridized carbons (Fsp3) is 0.625. The average Bonchev–Trinajstić information content (AvgIpc) is 2.30. The van der Waals surface area contributed by atoms with Gasteiger partial charge in [0.05, 0.1) is 12.8 Å². The summed E-state index contributed by atoms with van der Waals surface area (Å²) in [6, 6.07) is 5.11. The first-order valence-electron chi connectivity index (χ1n) is 7.02. The number of ether oxygens (including phenoxy) is 1. The van der Waals surface area contributed by atoms with Gasteiger partial charge in [0.15, 0.2) is 0 Å². The zero-order valence-electron chi connectivity index (χ0n) is 12.7. The predicted octanol–water partition coefficient (Wildman–Crippen LogP) is 4.71. The van der Waals surface area contributed by atoms with Crippen molar-refractivity contribution in [3.8, 4) is 5.75 Å². The van der Waals surface area contributed by atoms with Gasteiger partial charge in [-0.3, -0.25) is 0 Å². The van der Waals surface area contributed by atoms with Crippen molar-refractivity contribution in [3.05, 3.63) is 24.0 Å². The summed E-state index contributed by atoms with van der Waals surface area (Å²) >= 11 is 0. The summed E-state index contributed by atoms with van der Waals surface area (Å²) in [7, 11) is 1.59. The minimum absolute atomic E-state index is 0.224. The largest absolute Gasteiger partial charge is 0.497 e. The van der Waals surface area contributed by atoms with Crippen molar-refractivity contribution in [1.82, 2.24) is 0 Å². The van der Waals surface area contributed by atoms with Crippen LogP contribution in [0, 0.1) is 17.7 Å². The Labute approximate surface area is 116 Å². The first kappa shape index (κ1) is 15.8. The number of halogens is 1. The Kier molecular flexibility index (Phi) is 6.13. The van der Waals surface area contributed by atoms with Crippen molar-refractivity contribution in [2.75, 3.05) is 12.4 Å². The highest BCUT2D eigenvalue weighted by Gasteiger charge is 2.15. The summed E-state index contributed by atoms with van der Waals surface area (Å²) in [5.74, 6) is 1.63. The Balaban J connectivity index is 2.82. The van der Waals surface area contributed by atoms with Crippen molar-refractivity contribution < 1.29 is 9.13 Å². The molecule has 1 rings (SSSR count). The third-order valence-electron chi connectivity index (χ3n) is 3.04. The van der Waals surface area contributed by atoms with Crippen molar-refractivity contribution in [2.24, 2.45) is 11.8 Å². The molecule has 0 bridgehead atoms. The van der Waals surface area contributed by atoms with Crippen LogP contribution in [0.1, 0.15) is 40.5 Å². The van der Waals surface area contributed by atoms with Crippen LogP contribution in [0.3, 0.4) is 0 Å². The second kappa shape index (κ2) is 7.37. The van der Waals surface area contributed by atoms with Crippen LogP contribution in [0.15, 0.2) is 18.2 Å². The summed E-state index contributed by atoms with van der Waals surface area (Å²) < 4.78 is 19.0. The van der Waals surface area contributed by atoms with E-state index in [0.717, 1.165) is 12.8 Å². The van der Waals surface area contributed by atoms with Crippen LogP contribution in [0.25, 0.3) is 0 Å². The van der Waals surface area contributed by atoms with Crippen LogP contribution >= 0.6 is 0 Å². The fourth-order valence-corrected chi connectivity index (χ4v) is 2.31. The number of methoxy groups -OCH3 is 1. The van der Waals surface area contributed by atoms with E-state index in [0.29, 0.717) is 29.3 Å². The van der Waals surface area contributed by atoms with E-state index in [4.69, 9.17) is 4.74 Å². The zero-order chi connectivity index (χ0) is 14.4. The normalized spacial score (nSPS) is 11.4. The molecule has 0 saturated carbocycles. The van der Waals surface area contributed by atoms with Gasteiger partial charge in [-0.1, -0.05) is 27.7 Å². The van der Waals surface area contributed by atoms with Crippen LogP contribution in [0.5, 0.6) is 5.75 Å². The molecule has 0 fully saturated rings. The van der Waals surface area contributed by atoms with E-state index < -0.39 is 0 Å². The van der Waals surface area contributed by atoms with Gasteiger partial charge in [0.1, 0.15) is 11.6 Å². The molecular formula is C16H26FNO. The van der Waals surface area contributed by atoms with Crippen LogP contribution in [0.4, 0.5) is 10.1 Å². The molecule has 0 aliphatic heterocycles. The Morgan fingerprint density at radius 3 is 2.16 bits per heavy atom. The van der Waals surface area contributed by atoms with Gasteiger partial charge in [-0.25, -0.2) is 4.39 Å². The van der Waals surface area contributed by atoms with Crippen LogP contribution in [0.2, 0.25) is 0 Å². The van der Waals surface area contributed by atoms with Crippen LogP contribution in [-0.2, 0) is 0 Å². The highest BCUT2D eigenvalue weighted by Crippen LogP contribution is 2.24. The molecule has 1 aromatic carbocycles. The predicted molar refractivity (Wildman–Crippen MR) is 79.3 cm³/mol. The second-order valence-electron chi connectivity index (χ2n) is 5.95. The van der Waals surface area contributed by atoms with Crippen LogP contribution < -0.4 is 10.1 Å².